The number of imidazole rings is 2. The zero-order valence-corrected chi connectivity index (χ0v) is 24.1. The van der Waals surface area contributed by atoms with Crippen molar-refractivity contribution in [1.29, 1.82) is 0 Å². The van der Waals surface area contributed by atoms with Gasteiger partial charge in [-0.05, 0) is 30.5 Å². The lowest BCUT2D eigenvalue weighted by molar-refractivity contribution is 0.515. The standard InChI is InChI=1S/C34H30N8O/c1-24(2)41-31(25-19-37-39(3)21-25)38-42-30(20-35-32(42)33(41)43)29-22-40(23-36-29)34(26-13-7-4-8-14-26,27-15-9-5-10-16-27)28-17-11-6-12-18-28/h4-24H,1-3H3. The number of hydrogen-bond acceptors (Lipinski definition) is 5. The predicted molar refractivity (Wildman–Crippen MR) is 166 cm³/mol. The maximum absolute atomic E-state index is 13.7. The molecule has 7 aromatic rings. The van der Waals surface area contributed by atoms with E-state index >= 15 is 0 Å². The Bertz CT molecular complexity index is 1990. The normalized spacial score (nSPS) is 11.9. The number of aryl methyl sites for hydroxylation is 1. The van der Waals surface area contributed by atoms with Gasteiger partial charge in [-0.15, -0.1) is 5.10 Å². The molecule has 3 aromatic carbocycles. The Morgan fingerprint density at radius 1 is 0.744 bits per heavy atom. The van der Waals surface area contributed by atoms with E-state index in [9.17, 15) is 4.79 Å². The Morgan fingerprint density at radius 2 is 1.33 bits per heavy atom. The van der Waals surface area contributed by atoms with Crippen molar-refractivity contribution in [2.24, 2.45) is 7.05 Å². The van der Waals surface area contributed by atoms with E-state index in [1.165, 1.54) is 0 Å². The van der Waals surface area contributed by atoms with Crippen LogP contribution in [-0.4, -0.2) is 38.5 Å². The van der Waals surface area contributed by atoms with Gasteiger partial charge in [0, 0.05) is 25.5 Å². The van der Waals surface area contributed by atoms with E-state index in [4.69, 9.17) is 10.1 Å². The largest absolute Gasteiger partial charge is 0.318 e. The molecular weight excluding hydrogens is 536 g/mol. The Morgan fingerprint density at radius 3 is 1.84 bits per heavy atom. The molecule has 0 saturated heterocycles. The van der Waals surface area contributed by atoms with E-state index in [1.54, 1.807) is 26.2 Å². The Labute approximate surface area is 248 Å². The molecule has 0 fully saturated rings. The number of rotatable bonds is 7. The van der Waals surface area contributed by atoms with E-state index in [0.717, 1.165) is 22.3 Å². The molecule has 43 heavy (non-hydrogen) atoms. The SMILES string of the molecule is CC(C)n1c(-c2cnn(C)c2)nn2c(-c3cn(C(c4ccccc4)(c4ccccc4)c4ccccc4)cn3)cnc2c1=O. The van der Waals surface area contributed by atoms with Crippen LogP contribution in [0.1, 0.15) is 36.6 Å². The van der Waals surface area contributed by atoms with Gasteiger partial charge in [-0.3, -0.25) is 14.0 Å². The summed E-state index contributed by atoms with van der Waals surface area (Å²) in [4.78, 5) is 23.1. The lowest BCUT2D eigenvalue weighted by Crippen LogP contribution is -2.36. The molecule has 0 bridgehead atoms. The first-order chi connectivity index (χ1) is 21.0. The van der Waals surface area contributed by atoms with Crippen molar-refractivity contribution in [2.45, 2.75) is 25.4 Å². The van der Waals surface area contributed by atoms with E-state index in [1.807, 2.05) is 57.8 Å². The van der Waals surface area contributed by atoms with Crippen molar-refractivity contribution in [3.05, 3.63) is 149 Å². The molecule has 0 aliphatic heterocycles. The third-order valence-corrected chi connectivity index (χ3v) is 7.86. The molecule has 0 N–H and O–H groups in total. The zero-order valence-electron chi connectivity index (χ0n) is 24.1. The molecule has 0 radical (unpaired) electrons. The molecule has 0 aliphatic rings. The van der Waals surface area contributed by atoms with Gasteiger partial charge < -0.3 is 4.57 Å². The molecule has 0 unspecified atom stereocenters. The summed E-state index contributed by atoms with van der Waals surface area (Å²) in [5.74, 6) is 0.520. The van der Waals surface area contributed by atoms with Gasteiger partial charge >= 0.3 is 0 Å². The second-order valence-corrected chi connectivity index (χ2v) is 10.8. The van der Waals surface area contributed by atoms with E-state index in [-0.39, 0.29) is 17.2 Å². The summed E-state index contributed by atoms with van der Waals surface area (Å²) in [7, 11) is 1.84. The van der Waals surface area contributed by atoms with Gasteiger partial charge in [0.2, 0.25) is 5.65 Å². The molecular formula is C34H30N8O. The molecule has 9 heteroatoms. The summed E-state index contributed by atoms with van der Waals surface area (Å²) in [6, 6.07) is 31.2. The summed E-state index contributed by atoms with van der Waals surface area (Å²) < 4.78 is 7.10. The summed E-state index contributed by atoms with van der Waals surface area (Å²) in [5, 5.41) is 9.25. The first-order valence-electron chi connectivity index (χ1n) is 14.2. The number of hydrogen-bond donors (Lipinski definition) is 0. The third-order valence-electron chi connectivity index (χ3n) is 7.86. The topological polar surface area (TPSA) is 87.8 Å². The smallest absolute Gasteiger partial charge is 0.297 e. The second kappa shape index (κ2) is 10.4. The summed E-state index contributed by atoms with van der Waals surface area (Å²) in [6.07, 6.45) is 9.09. The highest BCUT2D eigenvalue weighted by Crippen LogP contribution is 2.41. The zero-order chi connectivity index (χ0) is 29.6. The third kappa shape index (κ3) is 4.20. The van der Waals surface area contributed by atoms with Crippen LogP contribution in [-0.2, 0) is 12.6 Å². The van der Waals surface area contributed by atoms with Gasteiger partial charge in [0.1, 0.15) is 16.9 Å². The lowest BCUT2D eigenvalue weighted by atomic mass is 9.77. The van der Waals surface area contributed by atoms with Crippen LogP contribution in [0.15, 0.2) is 127 Å². The molecule has 0 amide bonds. The lowest BCUT2D eigenvalue weighted by Gasteiger charge is -2.37. The predicted octanol–water partition coefficient (Wildman–Crippen LogP) is 5.58. The van der Waals surface area contributed by atoms with Gasteiger partial charge in [0.15, 0.2) is 5.82 Å². The quantitative estimate of drug-likeness (QED) is 0.235. The molecule has 4 heterocycles. The van der Waals surface area contributed by atoms with Crippen LogP contribution in [0, 0.1) is 0 Å². The van der Waals surface area contributed by atoms with Crippen LogP contribution in [0.4, 0.5) is 0 Å². The van der Waals surface area contributed by atoms with Crippen molar-refractivity contribution in [2.75, 3.05) is 0 Å². The number of aromatic nitrogens is 8. The minimum atomic E-state index is -0.714. The van der Waals surface area contributed by atoms with E-state index in [2.05, 4.69) is 87.4 Å². The van der Waals surface area contributed by atoms with Gasteiger partial charge in [-0.1, -0.05) is 91.0 Å². The molecule has 4 aromatic heterocycles. The van der Waals surface area contributed by atoms with E-state index in [0.29, 0.717) is 17.2 Å². The van der Waals surface area contributed by atoms with Crippen molar-refractivity contribution >= 4 is 5.65 Å². The highest BCUT2D eigenvalue weighted by Gasteiger charge is 2.38. The highest BCUT2D eigenvalue weighted by atomic mass is 16.1. The second-order valence-electron chi connectivity index (χ2n) is 10.8. The molecule has 0 spiro atoms. The molecule has 7 rings (SSSR count). The fourth-order valence-electron chi connectivity index (χ4n) is 5.95. The van der Waals surface area contributed by atoms with Crippen molar-refractivity contribution in [3.63, 3.8) is 0 Å². The Kier molecular flexibility index (Phi) is 6.35. The van der Waals surface area contributed by atoms with Crippen LogP contribution in [0.25, 0.3) is 28.4 Å². The molecule has 0 aliphatic carbocycles. The first-order valence-corrected chi connectivity index (χ1v) is 14.2. The monoisotopic (exact) mass is 566 g/mol. The fraction of sp³-hybridized carbons (Fsp3) is 0.147. The van der Waals surface area contributed by atoms with Crippen molar-refractivity contribution in [1.82, 2.24) is 38.5 Å². The molecule has 0 atom stereocenters. The van der Waals surface area contributed by atoms with Crippen molar-refractivity contribution < 1.29 is 0 Å². The average Bonchev–Trinajstić information content (AvgIpc) is 3.79. The van der Waals surface area contributed by atoms with Crippen molar-refractivity contribution in [3.8, 4) is 22.8 Å². The van der Waals surface area contributed by atoms with Gasteiger partial charge in [-0.2, -0.15) is 5.10 Å². The molecule has 0 saturated carbocycles. The molecule has 212 valence electrons. The van der Waals surface area contributed by atoms with E-state index < -0.39 is 5.54 Å². The fourth-order valence-corrected chi connectivity index (χ4v) is 5.95. The Hall–Kier alpha value is -5.57. The summed E-state index contributed by atoms with van der Waals surface area (Å²) in [5.41, 5.74) is 4.59. The maximum atomic E-state index is 13.7. The summed E-state index contributed by atoms with van der Waals surface area (Å²) >= 11 is 0. The number of benzene rings is 3. The van der Waals surface area contributed by atoms with Crippen LogP contribution >= 0.6 is 0 Å². The van der Waals surface area contributed by atoms with Crippen LogP contribution in [0.5, 0.6) is 0 Å². The van der Waals surface area contributed by atoms with Crippen LogP contribution < -0.4 is 5.56 Å². The van der Waals surface area contributed by atoms with Crippen LogP contribution in [0.2, 0.25) is 0 Å². The first kappa shape index (κ1) is 26.3. The highest BCUT2D eigenvalue weighted by molar-refractivity contribution is 5.62. The maximum Gasteiger partial charge on any atom is 0.297 e. The minimum Gasteiger partial charge on any atom is -0.318 e. The summed E-state index contributed by atoms with van der Waals surface area (Å²) in [6.45, 7) is 3.92. The number of fused-ring (bicyclic) bond motifs is 1. The van der Waals surface area contributed by atoms with Gasteiger partial charge in [-0.25, -0.2) is 14.5 Å². The average molecular weight is 567 g/mol. The minimum absolute atomic E-state index is 0.122. The van der Waals surface area contributed by atoms with Gasteiger partial charge in [0.05, 0.1) is 24.3 Å². The Balaban J connectivity index is 1.47. The number of nitrogens with zero attached hydrogens (tertiary/aromatic N) is 8. The molecule has 9 nitrogen and oxygen atoms in total. The van der Waals surface area contributed by atoms with Gasteiger partial charge in [0.25, 0.3) is 5.56 Å². The van der Waals surface area contributed by atoms with Crippen LogP contribution in [0.3, 0.4) is 0 Å².